The van der Waals surface area contributed by atoms with Crippen LogP contribution >= 0.6 is 0 Å². The van der Waals surface area contributed by atoms with Gasteiger partial charge >= 0.3 is 0 Å². The van der Waals surface area contributed by atoms with E-state index in [2.05, 4.69) is 24.9 Å². The minimum absolute atomic E-state index is 0.380. The summed E-state index contributed by atoms with van der Waals surface area (Å²) in [6, 6.07) is 4.56. The molecule has 17 heavy (non-hydrogen) atoms. The van der Waals surface area contributed by atoms with Crippen molar-refractivity contribution in [1.29, 1.82) is 0 Å². The van der Waals surface area contributed by atoms with Crippen molar-refractivity contribution in [3.05, 3.63) is 30.1 Å². The average Bonchev–Trinajstić information content (AvgIpc) is 2.33. The molecule has 0 amide bonds. The highest BCUT2D eigenvalue weighted by atomic mass is 14.7. The maximum Gasteiger partial charge on any atom is 0.0299 e. The summed E-state index contributed by atoms with van der Waals surface area (Å²) in [5.74, 6) is 2.29. The lowest BCUT2D eigenvalue weighted by molar-refractivity contribution is 0.189. The van der Waals surface area contributed by atoms with Crippen LogP contribution in [0.4, 0.5) is 0 Å². The van der Waals surface area contributed by atoms with E-state index < -0.39 is 0 Å². The number of rotatable bonds is 3. The highest BCUT2D eigenvalue weighted by molar-refractivity contribution is 5.10. The first-order chi connectivity index (χ1) is 8.16. The first-order valence-electron chi connectivity index (χ1n) is 6.81. The second-order valence-corrected chi connectivity index (χ2v) is 5.81. The molecule has 0 spiro atoms. The van der Waals surface area contributed by atoms with Crippen molar-refractivity contribution in [2.24, 2.45) is 23.5 Å². The molecule has 1 saturated carbocycles. The van der Waals surface area contributed by atoms with Crippen LogP contribution in [-0.4, -0.2) is 11.0 Å². The Morgan fingerprint density at radius 2 is 2.24 bits per heavy atom. The van der Waals surface area contributed by atoms with Crippen LogP contribution in [0.2, 0.25) is 0 Å². The number of aromatic nitrogens is 1. The molecule has 2 N–H and O–H groups in total. The molecule has 1 aliphatic carbocycles. The predicted octanol–water partition coefficient (Wildman–Crippen LogP) is 3.02. The molecule has 1 aromatic rings. The Kier molecular flexibility index (Phi) is 4.16. The molecule has 0 aliphatic heterocycles. The number of hydrogen-bond acceptors (Lipinski definition) is 2. The maximum atomic E-state index is 6.27. The molecule has 3 unspecified atom stereocenters. The second-order valence-electron chi connectivity index (χ2n) is 5.81. The number of nitrogens with two attached hydrogens (primary N) is 1. The van der Waals surface area contributed by atoms with E-state index in [1.54, 1.807) is 0 Å². The van der Waals surface area contributed by atoms with E-state index in [-0.39, 0.29) is 0 Å². The Hall–Kier alpha value is -0.890. The minimum atomic E-state index is 0.380. The quantitative estimate of drug-likeness (QED) is 0.870. The van der Waals surface area contributed by atoms with Crippen molar-refractivity contribution in [3.63, 3.8) is 0 Å². The van der Waals surface area contributed by atoms with Crippen molar-refractivity contribution < 1.29 is 0 Å². The largest absolute Gasteiger partial charge is 0.327 e. The van der Waals surface area contributed by atoms with Gasteiger partial charge in [0.25, 0.3) is 0 Å². The third kappa shape index (κ3) is 3.29. The molecule has 0 saturated heterocycles. The van der Waals surface area contributed by atoms with E-state index in [0.717, 1.165) is 18.3 Å². The van der Waals surface area contributed by atoms with Crippen LogP contribution in [0.3, 0.4) is 0 Å². The monoisotopic (exact) mass is 232 g/mol. The Morgan fingerprint density at radius 1 is 1.41 bits per heavy atom. The molecule has 1 heterocycles. The van der Waals surface area contributed by atoms with Crippen molar-refractivity contribution >= 4 is 0 Å². The summed E-state index contributed by atoms with van der Waals surface area (Å²) in [5, 5.41) is 0. The van der Waals surface area contributed by atoms with Gasteiger partial charge < -0.3 is 5.73 Å². The van der Waals surface area contributed by atoms with Crippen LogP contribution in [0.25, 0.3) is 0 Å². The first-order valence-corrected chi connectivity index (χ1v) is 6.81. The van der Waals surface area contributed by atoms with Gasteiger partial charge in [-0.2, -0.15) is 0 Å². The average molecular weight is 232 g/mol. The smallest absolute Gasteiger partial charge is 0.0299 e. The predicted molar refractivity (Wildman–Crippen MR) is 71.6 cm³/mol. The van der Waals surface area contributed by atoms with Gasteiger partial charge in [-0.25, -0.2) is 0 Å². The summed E-state index contributed by atoms with van der Waals surface area (Å²) in [6.45, 7) is 4.67. The lowest BCUT2D eigenvalue weighted by Gasteiger charge is -2.36. The summed E-state index contributed by atoms with van der Waals surface area (Å²) in [4.78, 5) is 4.19. The molecule has 0 bridgehead atoms. The Bertz CT molecular complexity index is 334. The van der Waals surface area contributed by atoms with Crippen LogP contribution in [0.15, 0.2) is 24.5 Å². The molecule has 2 heteroatoms. The van der Waals surface area contributed by atoms with Crippen LogP contribution in [-0.2, 0) is 6.42 Å². The van der Waals surface area contributed by atoms with Gasteiger partial charge in [-0.05, 0) is 55.1 Å². The molecule has 0 aromatic carbocycles. The van der Waals surface area contributed by atoms with Gasteiger partial charge in [0, 0.05) is 18.4 Å². The molecule has 1 fully saturated rings. The van der Waals surface area contributed by atoms with E-state index >= 15 is 0 Å². The van der Waals surface area contributed by atoms with E-state index in [1.165, 1.54) is 24.8 Å². The van der Waals surface area contributed by atoms with Crippen LogP contribution in [0, 0.1) is 17.8 Å². The highest BCUT2D eigenvalue weighted by Crippen LogP contribution is 2.34. The van der Waals surface area contributed by atoms with Gasteiger partial charge in [-0.1, -0.05) is 19.9 Å². The van der Waals surface area contributed by atoms with E-state index in [1.807, 2.05) is 18.5 Å². The van der Waals surface area contributed by atoms with Gasteiger partial charge in [0.2, 0.25) is 0 Å². The SMILES string of the molecule is CC(C)C1CCC(N)C(Cc2cccnc2)C1. The summed E-state index contributed by atoms with van der Waals surface area (Å²) in [5.41, 5.74) is 7.60. The molecule has 2 rings (SSSR count). The van der Waals surface area contributed by atoms with Gasteiger partial charge in [0.15, 0.2) is 0 Å². The lowest BCUT2D eigenvalue weighted by atomic mass is 9.72. The van der Waals surface area contributed by atoms with E-state index in [0.29, 0.717) is 12.0 Å². The standard InChI is InChI=1S/C15H24N2/c1-11(2)13-5-6-15(16)14(9-13)8-12-4-3-7-17-10-12/h3-4,7,10-11,13-15H,5-6,8-9,16H2,1-2H3. The minimum Gasteiger partial charge on any atom is -0.327 e. The van der Waals surface area contributed by atoms with Gasteiger partial charge in [-0.15, -0.1) is 0 Å². The summed E-state index contributed by atoms with van der Waals surface area (Å²) in [7, 11) is 0. The molecule has 2 nitrogen and oxygen atoms in total. The number of nitrogens with zero attached hydrogens (tertiary/aromatic N) is 1. The topological polar surface area (TPSA) is 38.9 Å². The van der Waals surface area contributed by atoms with Crippen molar-refractivity contribution in [3.8, 4) is 0 Å². The number of pyridine rings is 1. The first kappa shape index (κ1) is 12.6. The Labute approximate surface area is 105 Å². The van der Waals surface area contributed by atoms with Gasteiger partial charge in [0.1, 0.15) is 0 Å². The molecule has 3 atom stereocenters. The maximum absolute atomic E-state index is 6.27. The third-order valence-corrected chi connectivity index (χ3v) is 4.25. The fourth-order valence-electron chi connectivity index (χ4n) is 2.99. The summed E-state index contributed by atoms with van der Waals surface area (Å²) < 4.78 is 0. The molecule has 1 aliphatic rings. The van der Waals surface area contributed by atoms with E-state index in [4.69, 9.17) is 5.73 Å². The Balaban J connectivity index is 1.99. The zero-order chi connectivity index (χ0) is 12.3. The highest BCUT2D eigenvalue weighted by Gasteiger charge is 2.29. The second kappa shape index (κ2) is 5.63. The third-order valence-electron chi connectivity index (χ3n) is 4.25. The normalized spacial score (nSPS) is 29.5. The fraction of sp³-hybridized carbons (Fsp3) is 0.667. The van der Waals surface area contributed by atoms with Crippen molar-refractivity contribution in [2.45, 2.75) is 45.6 Å². The van der Waals surface area contributed by atoms with Gasteiger partial charge in [-0.3, -0.25) is 4.98 Å². The number of hydrogen-bond donors (Lipinski definition) is 1. The molecule has 94 valence electrons. The molecular formula is C15H24N2. The zero-order valence-corrected chi connectivity index (χ0v) is 11.0. The van der Waals surface area contributed by atoms with Crippen molar-refractivity contribution in [2.75, 3.05) is 0 Å². The zero-order valence-electron chi connectivity index (χ0n) is 11.0. The summed E-state index contributed by atoms with van der Waals surface area (Å²) in [6.07, 6.45) is 8.69. The van der Waals surface area contributed by atoms with Crippen LogP contribution in [0.5, 0.6) is 0 Å². The van der Waals surface area contributed by atoms with Gasteiger partial charge in [0.05, 0.1) is 0 Å². The fourth-order valence-corrected chi connectivity index (χ4v) is 2.99. The van der Waals surface area contributed by atoms with Crippen LogP contribution in [0.1, 0.15) is 38.7 Å². The van der Waals surface area contributed by atoms with Crippen molar-refractivity contribution in [1.82, 2.24) is 4.98 Å². The van der Waals surface area contributed by atoms with Crippen LogP contribution < -0.4 is 5.73 Å². The summed E-state index contributed by atoms with van der Waals surface area (Å²) >= 11 is 0. The molecule has 0 radical (unpaired) electrons. The van der Waals surface area contributed by atoms with E-state index in [9.17, 15) is 0 Å². The molecule has 1 aromatic heterocycles. The Morgan fingerprint density at radius 3 is 2.88 bits per heavy atom. The molecular weight excluding hydrogens is 208 g/mol. The lowest BCUT2D eigenvalue weighted by Crippen LogP contribution is -2.38.